The number of nitrogens with one attached hydrogen (secondary N) is 1. The minimum absolute atomic E-state index is 0.00752. The van der Waals surface area contributed by atoms with Crippen molar-refractivity contribution in [1.82, 2.24) is 15.4 Å². The van der Waals surface area contributed by atoms with Crippen molar-refractivity contribution in [2.75, 3.05) is 18.0 Å². The standard InChI is InChI=1S/C18H23N5OS/c1-12-3-4-13(2)15(9-12)25-17-10-16(20-11-21-17)23-7-5-14(6-8-23)18(24)22-19/h3-4,9-11,14H,5-8,19H2,1-2H3,(H,22,24). The van der Waals surface area contributed by atoms with Crippen molar-refractivity contribution in [2.45, 2.75) is 36.6 Å². The molecule has 132 valence electrons. The van der Waals surface area contributed by atoms with Crippen LogP contribution < -0.4 is 16.2 Å². The van der Waals surface area contributed by atoms with E-state index in [1.165, 1.54) is 16.0 Å². The summed E-state index contributed by atoms with van der Waals surface area (Å²) in [5, 5.41) is 0.931. The lowest BCUT2D eigenvalue weighted by Gasteiger charge is -2.31. The molecule has 0 aliphatic carbocycles. The minimum Gasteiger partial charge on any atom is -0.356 e. The molecular weight excluding hydrogens is 334 g/mol. The number of hydrazine groups is 1. The minimum atomic E-state index is -0.0755. The van der Waals surface area contributed by atoms with Crippen LogP contribution in [-0.4, -0.2) is 29.0 Å². The van der Waals surface area contributed by atoms with Gasteiger partial charge in [-0.2, -0.15) is 0 Å². The molecule has 2 heterocycles. The summed E-state index contributed by atoms with van der Waals surface area (Å²) in [5.74, 6) is 6.06. The lowest BCUT2D eigenvalue weighted by Crippen LogP contribution is -2.43. The number of amides is 1. The van der Waals surface area contributed by atoms with Gasteiger partial charge in [-0.05, 0) is 43.9 Å². The van der Waals surface area contributed by atoms with Gasteiger partial charge in [0, 0.05) is 30.0 Å². The Bertz CT molecular complexity index is 759. The largest absolute Gasteiger partial charge is 0.356 e. The summed E-state index contributed by atoms with van der Waals surface area (Å²) >= 11 is 1.66. The average Bonchev–Trinajstić information content (AvgIpc) is 2.64. The van der Waals surface area contributed by atoms with E-state index in [9.17, 15) is 4.79 Å². The van der Waals surface area contributed by atoms with E-state index in [4.69, 9.17) is 5.84 Å². The number of aromatic nitrogens is 2. The summed E-state index contributed by atoms with van der Waals surface area (Å²) in [4.78, 5) is 23.9. The summed E-state index contributed by atoms with van der Waals surface area (Å²) in [6.45, 7) is 5.79. The first-order valence-electron chi connectivity index (χ1n) is 8.39. The van der Waals surface area contributed by atoms with Crippen LogP contribution in [0, 0.1) is 19.8 Å². The van der Waals surface area contributed by atoms with E-state index < -0.39 is 0 Å². The summed E-state index contributed by atoms with van der Waals surface area (Å²) < 4.78 is 0. The van der Waals surface area contributed by atoms with Crippen molar-refractivity contribution in [2.24, 2.45) is 11.8 Å². The van der Waals surface area contributed by atoms with Crippen molar-refractivity contribution in [3.8, 4) is 0 Å². The van der Waals surface area contributed by atoms with Crippen molar-refractivity contribution < 1.29 is 4.79 Å². The Morgan fingerprint density at radius 1 is 1.24 bits per heavy atom. The number of carbonyl (C=O) groups excluding carboxylic acids is 1. The van der Waals surface area contributed by atoms with Crippen LogP contribution in [0.15, 0.2) is 40.5 Å². The fourth-order valence-electron chi connectivity index (χ4n) is 2.98. The van der Waals surface area contributed by atoms with Crippen LogP contribution in [-0.2, 0) is 4.79 Å². The maximum Gasteiger partial charge on any atom is 0.237 e. The molecule has 2 aromatic rings. The van der Waals surface area contributed by atoms with Gasteiger partial charge in [0.25, 0.3) is 0 Å². The Labute approximate surface area is 152 Å². The van der Waals surface area contributed by atoms with Gasteiger partial charge >= 0.3 is 0 Å². The molecule has 3 rings (SSSR count). The maximum absolute atomic E-state index is 11.6. The molecule has 6 nitrogen and oxygen atoms in total. The van der Waals surface area contributed by atoms with Crippen LogP contribution in [0.1, 0.15) is 24.0 Å². The first-order chi connectivity index (χ1) is 12.1. The second-order valence-corrected chi connectivity index (χ2v) is 7.42. The molecule has 25 heavy (non-hydrogen) atoms. The van der Waals surface area contributed by atoms with Crippen molar-refractivity contribution in [3.05, 3.63) is 41.7 Å². The molecule has 1 aliphatic heterocycles. The highest BCUT2D eigenvalue weighted by Gasteiger charge is 2.25. The van der Waals surface area contributed by atoms with Gasteiger partial charge in [-0.15, -0.1) is 0 Å². The van der Waals surface area contributed by atoms with Gasteiger partial charge in [0.2, 0.25) is 5.91 Å². The number of carbonyl (C=O) groups is 1. The Morgan fingerprint density at radius 2 is 2.00 bits per heavy atom. The van der Waals surface area contributed by atoms with Crippen LogP contribution in [0.3, 0.4) is 0 Å². The maximum atomic E-state index is 11.6. The van der Waals surface area contributed by atoms with Crippen molar-refractivity contribution in [1.29, 1.82) is 0 Å². The third-order valence-corrected chi connectivity index (χ3v) is 5.61. The van der Waals surface area contributed by atoms with Gasteiger partial charge in [-0.3, -0.25) is 10.2 Å². The highest BCUT2D eigenvalue weighted by molar-refractivity contribution is 7.99. The number of rotatable bonds is 4. The van der Waals surface area contributed by atoms with Gasteiger partial charge in [-0.25, -0.2) is 15.8 Å². The number of anilines is 1. The predicted octanol–water partition coefficient (Wildman–Crippen LogP) is 2.45. The Hall–Kier alpha value is -2.12. The van der Waals surface area contributed by atoms with E-state index in [0.717, 1.165) is 36.8 Å². The first kappa shape index (κ1) is 17.7. The third kappa shape index (κ3) is 4.29. The lowest BCUT2D eigenvalue weighted by molar-refractivity contribution is -0.125. The van der Waals surface area contributed by atoms with Crippen LogP contribution in [0.4, 0.5) is 5.82 Å². The van der Waals surface area contributed by atoms with Crippen LogP contribution in [0.25, 0.3) is 0 Å². The monoisotopic (exact) mass is 357 g/mol. The third-order valence-electron chi connectivity index (χ3n) is 4.52. The molecule has 0 bridgehead atoms. The number of piperidine rings is 1. The lowest BCUT2D eigenvalue weighted by atomic mass is 9.96. The molecule has 1 saturated heterocycles. The summed E-state index contributed by atoms with van der Waals surface area (Å²) in [6, 6.07) is 8.45. The highest BCUT2D eigenvalue weighted by atomic mass is 32.2. The average molecular weight is 357 g/mol. The normalized spacial score (nSPS) is 15.2. The molecule has 1 aliphatic rings. The molecule has 0 radical (unpaired) electrons. The Kier molecular flexibility index (Phi) is 5.55. The number of aryl methyl sites for hydroxylation is 2. The molecule has 1 aromatic carbocycles. The molecule has 0 unspecified atom stereocenters. The zero-order valence-corrected chi connectivity index (χ0v) is 15.3. The van der Waals surface area contributed by atoms with E-state index in [1.807, 2.05) is 6.07 Å². The SMILES string of the molecule is Cc1ccc(C)c(Sc2cc(N3CCC(C(=O)NN)CC3)ncn2)c1. The molecule has 7 heteroatoms. The highest BCUT2D eigenvalue weighted by Crippen LogP contribution is 2.31. The van der Waals surface area contributed by atoms with E-state index in [-0.39, 0.29) is 11.8 Å². The molecule has 1 aromatic heterocycles. The topological polar surface area (TPSA) is 84.1 Å². The van der Waals surface area contributed by atoms with Gasteiger partial charge in [-0.1, -0.05) is 23.9 Å². The second-order valence-electron chi connectivity index (χ2n) is 6.36. The molecule has 1 fully saturated rings. The Morgan fingerprint density at radius 3 is 2.72 bits per heavy atom. The van der Waals surface area contributed by atoms with E-state index in [1.54, 1.807) is 18.1 Å². The van der Waals surface area contributed by atoms with Gasteiger partial charge in [0.1, 0.15) is 17.2 Å². The van der Waals surface area contributed by atoms with E-state index in [2.05, 4.69) is 52.3 Å². The van der Waals surface area contributed by atoms with Gasteiger partial charge in [0.15, 0.2) is 0 Å². The quantitative estimate of drug-likeness (QED) is 0.378. The zero-order valence-electron chi connectivity index (χ0n) is 14.5. The fraction of sp³-hybridized carbons (Fsp3) is 0.389. The number of nitrogens with two attached hydrogens (primary N) is 1. The van der Waals surface area contributed by atoms with Gasteiger partial charge in [0.05, 0.1) is 0 Å². The van der Waals surface area contributed by atoms with Gasteiger partial charge < -0.3 is 4.90 Å². The number of nitrogens with zero attached hydrogens (tertiary/aromatic N) is 3. The summed E-state index contributed by atoms with van der Waals surface area (Å²) in [5.41, 5.74) is 4.73. The Balaban J connectivity index is 1.70. The van der Waals surface area contributed by atoms with E-state index in [0.29, 0.717) is 0 Å². The summed E-state index contributed by atoms with van der Waals surface area (Å²) in [6.07, 6.45) is 3.18. The predicted molar refractivity (Wildman–Crippen MR) is 99.3 cm³/mol. The first-order valence-corrected chi connectivity index (χ1v) is 9.21. The van der Waals surface area contributed by atoms with Crippen molar-refractivity contribution in [3.63, 3.8) is 0 Å². The van der Waals surface area contributed by atoms with Crippen LogP contribution in [0.5, 0.6) is 0 Å². The smallest absolute Gasteiger partial charge is 0.237 e. The van der Waals surface area contributed by atoms with Crippen LogP contribution >= 0.6 is 11.8 Å². The molecular formula is C18H23N5OS. The fourth-order valence-corrected chi connectivity index (χ4v) is 3.94. The second kappa shape index (κ2) is 7.84. The molecule has 0 spiro atoms. The number of hydrogen-bond donors (Lipinski definition) is 2. The van der Waals surface area contributed by atoms with Crippen molar-refractivity contribution >= 4 is 23.5 Å². The zero-order chi connectivity index (χ0) is 17.8. The molecule has 1 amide bonds. The van der Waals surface area contributed by atoms with E-state index >= 15 is 0 Å². The number of benzene rings is 1. The molecule has 3 N–H and O–H groups in total. The molecule has 0 atom stereocenters. The summed E-state index contributed by atoms with van der Waals surface area (Å²) in [7, 11) is 0. The van der Waals surface area contributed by atoms with Crippen LogP contribution in [0.2, 0.25) is 0 Å². The molecule has 0 saturated carbocycles. The number of hydrogen-bond acceptors (Lipinski definition) is 6.